The van der Waals surface area contributed by atoms with Crippen molar-refractivity contribution >= 4 is 29.9 Å². The molecule has 1 aromatic carbocycles. The second kappa shape index (κ2) is 8.73. The number of aliphatic imine (C=N–C) groups is 1. The van der Waals surface area contributed by atoms with Gasteiger partial charge in [-0.25, -0.2) is 0 Å². The van der Waals surface area contributed by atoms with Gasteiger partial charge < -0.3 is 20.1 Å². The molecule has 0 amide bonds. The van der Waals surface area contributed by atoms with Gasteiger partial charge in [-0.1, -0.05) is 12.1 Å². The van der Waals surface area contributed by atoms with Crippen LogP contribution in [0.4, 0.5) is 0 Å². The molecule has 2 N–H and O–H groups in total. The molecule has 0 spiro atoms. The second-order valence-electron chi connectivity index (χ2n) is 5.99. The number of halogens is 1. The number of methoxy groups -OCH3 is 1. The van der Waals surface area contributed by atoms with Gasteiger partial charge in [-0.3, -0.25) is 4.99 Å². The first-order valence-corrected chi connectivity index (χ1v) is 8.07. The zero-order chi connectivity index (χ0) is 15.3. The fraction of sp³-hybridized carbons (Fsp3) is 0.588. The number of nitrogens with zero attached hydrogens (tertiary/aromatic N) is 1. The summed E-state index contributed by atoms with van der Waals surface area (Å²) in [6, 6.07) is 8.45. The van der Waals surface area contributed by atoms with Crippen molar-refractivity contribution in [3.05, 3.63) is 29.8 Å². The van der Waals surface area contributed by atoms with Crippen LogP contribution in [0.5, 0.6) is 5.75 Å². The Labute approximate surface area is 155 Å². The average molecular weight is 431 g/mol. The van der Waals surface area contributed by atoms with Crippen LogP contribution in [0, 0.1) is 0 Å². The lowest BCUT2D eigenvalue weighted by atomic mass is 9.74. The van der Waals surface area contributed by atoms with Gasteiger partial charge in [-0.05, 0) is 37.0 Å². The van der Waals surface area contributed by atoms with Crippen LogP contribution in [0.2, 0.25) is 0 Å². The normalized spacial score (nSPS) is 19.8. The first-order chi connectivity index (χ1) is 10.8. The summed E-state index contributed by atoms with van der Waals surface area (Å²) in [6.07, 6.45) is 3.17. The Kier molecular flexibility index (Phi) is 6.95. The highest BCUT2D eigenvalue weighted by atomic mass is 127. The Morgan fingerprint density at radius 2 is 2.00 bits per heavy atom. The fourth-order valence-corrected chi connectivity index (χ4v) is 3.18. The largest absolute Gasteiger partial charge is 0.497 e. The first-order valence-electron chi connectivity index (χ1n) is 8.07. The summed E-state index contributed by atoms with van der Waals surface area (Å²) in [6.45, 7) is 4.42. The van der Waals surface area contributed by atoms with Crippen LogP contribution in [0.15, 0.2) is 29.3 Å². The van der Waals surface area contributed by atoms with Gasteiger partial charge in [0.15, 0.2) is 5.96 Å². The molecular formula is C17H26IN3O2. The van der Waals surface area contributed by atoms with E-state index in [9.17, 15) is 0 Å². The van der Waals surface area contributed by atoms with Crippen LogP contribution < -0.4 is 15.4 Å². The third-order valence-corrected chi connectivity index (χ3v) is 4.64. The van der Waals surface area contributed by atoms with E-state index in [1.165, 1.54) is 5.56 Å². The molecule has 3 rings (SSSR count). The predicted octanol–water partition coefficient (Wildman–Crippen LogP) is 2.30. The number of guanidine groups is 1. The van der Waals surface area contributed by atoms with Crippen molar-refractivity contribution in [1.29, 1.82) is 0 Å². The molecule has 0 radical (unpaired) electrons. The molecule has 1 fully saturated rings. The van der Waals surface area contributed by atoms with E-state index in [0.29, 0.717) is 0 Å². The number of nitrogens with one attached hydrogen (secondary N) is 2. The van der Waals surface area contributed by atoms with E-state index < -0.39 is 0 Å². The number of benzene rings is 1. The van der Waals surface area contributed by atoms with Gasteiger partial charge >= 0.3 is 0 Å². The highest BCUT2D eigenvalue weighted by molar-refractivity contribution is 14.0. The topological polar surface area (TPSA) is 54.9 Å². The third-order valence-electron chi connectivity index (χ3n) is 4.64. The maximum Gasteiger partial charge on any atom is 0.191 e. The molecule has 6 heteroatoms. The average Bonchev–Trinajstić information content (AvgIpc) is 2.62. The maximum absolute atomic E-state index is 5.58. The van der Waals surface area contributed by atoms with Gasteiger partial charge in [-0.15, -0.1) is 24.0 Å². The van der Waals surface area contributed by atoms with Crippen LogP contribution in [0.25, 0.3) is 0 Å². The van der Waals surface area contributed by atoms with Crippen LogP contribution in [0.1, 0.15) is 24.8 Å². The summed E-state index contributed by atoms with van der Waals surface area (Å²) in [5.41, 5.74) is 1.45. The highest BCUT2D eigenvalue weighted by Crippen LogP contribution is 2.35. The van der Waals surface area contributed by atoms with Crippen LogP contribution >= 0.6 is 24.0 Å². The minimum Gasteiger partial charge on any atom is -0.497 e. The van der Waals surface area contributed by atoms with Crippen molar-refractivity contribution in [2.45, 2.75) is 24.7 Å². The van der Waals surface area contributed by atoms with E-state index in [-0.39, 0.29) is 29.4 Å². The zero-order valence-corrected chi connectivity index (χ0v) is 16.0. The smallest absolute Gasteiger partial charge is 0.191 e. The lowest BCUT2D eigenvalue weighted by Gasteiger charge is -2.38. The van der Waals surface area contributed by atoms with E-state index in [1.807, 2.05) is 12.1 Å². The monoisotopic (exact) mass is 431 g/mol. The minimum atomic E-state index is 0. The minimum absolute atomic E-state index is 0. The summed E-state index contributed by atoms with van der Waals surface area (Å²) in [7, 11) is 1.70. The van der Waals surface area contributed by atoms with E-state index in [0.717, 1.165) is 63.8 Å². The summed E-state index contributed by atoms with van der Waals surface area (Å²) in [5.74, 6) is 1.84. The van der Waals surface area contributed by atoms with Gasteiger partial charge in [0, 0.05) is 38.3 Å². The quantitative estimate of drug-likeness (QED) is 0.719. The molecule has 1 saturated heterocycles. The third kappa shape index (κ3) is 4.50. The Morgan fingerprint density at radius 1 is 1.26 bits per heavy atom. The summed E-state index contributed by atoms with van der Waals surface area (Å²) >= 11 is 0. The number of ether oxygens (including phenoxy) is 2. The standard InChI is InChI=1S/C17H25N3O2.HI/c1-21-15-5-3-14(4-6-15)17(7-11-22-12-8-17)13-20-16-18-9-2-10-19-16;/h3-6H,2,7-13H2,1H3,(H2,18,19,20);1H. The van der Waals surface area contributed by atoms with Gasteiger partial charge in [0.25, 0.3) is 0 Å². The maximum atomic E-state index is 5.58. The molecule has 0 bridgehead atoms. The van der Waals surface area contributed by atoms with E-state index in [4.69, 9.17) is 9.47 Å². The van der Waals surface area contributed by atoms with Crippen molar-refractivity contribution in [2.75, 3.05) is 40.0 Å². The van der Waals surface area contributed by atoms with E-state index in [2.05, 4.69) is 27.8 Å². The molecular weight excluding hydrogens is 405 g/mol. The Hall–Kier alpha value is -1.02. The molecule has 23 heavy (non-hydrogen) atoms. The molecule has 1 aromatic rings. The van der Waals surface area contributed by atoms with Gasteiger partial charge in [-0.2, -0.15) is 0 Å². The Balaban J connectivity index is 0.00000192. The lowest BCUT2D eigenvalue weighted by Crippen LogP contribution is -2.49. The van der Waals surface area contributed by atoms with Crippen LogP contribution in [-0.2, 0) is 10.2 Å². The summed E-state index contributed by atoms with van der Waals surface area (Å²) in [4.78, 5) is 4.51. The van der Waals surface area contributed by atoms with Gasteiger partial charge in [0.05, 0.1) is 7.11 Å². The van der Waals surface area contributed by atoms with Gasteiger partial charge in [0.2, 0.25) is 0 Å². The van der Waals surface area contributed by atoms with Crippen molar-refractivity contribution in [1.82, 2.24) is 10.6 Å². The summed E-state index contributed by atoms with van der Waals surface area (Å²) < 4.78 is 10.9. The van der Waals surface area contributed by atoms with Crippen molar-refractivity contribution in [2.24, 2.45) is 4.99 Å². The molecule has 0 unspecified atom stereocenters. The number of hydrogen-bond acceptors (Lipinski definition) is 5. The number of rotatable bonds is 4. The molecule has 5 nitrogen and oxygen atoms in total. The molecule has 0 atom stereocenters. The van der Waals surface area contributed by atoms with Crippen molar-refractivity contribution in [3.63, 3.8) is 0 Å². The second-order valence-corrected chi connectivity index (χ2v) is 5.99. The van der Waals surface area contributed by atoms with Crippen molar-refractivity contribution < 1.29 is 9.47 Å². The molecule has 0 saturated carbocycles. The van der Waals surface area contributed by atoms with Crippen LogP contribution in [0.3, 0.4) is 0 Å². The highest BCUT2D eigenvalue weighted by Gasteiger charge is 2.34. The van der Waals surface area contributed by atoms with Gasteiger partial charge in [0.1, 0.15) is 5.75 Å². The van der Waals surface area contributed by atoms with Crippen molar-refractivity contribution in [3.8, 4) is 5.75 Å². The molecule has 2 heterocycles. The SMILES string of the molecule is COc1ccc(C2(CNC3=NCCCN3)CCOCC2)cc1.I. The zero-order valence-electron chi connectivity index (χ0n) is 13.6. The Morgan fingerprint density at radius 3 is 2.61 bits per heavy atom. The molecule has 2 aliphatic heterocycles. The van der Waals surface area contributed by atoms with E-state index >= 15 is 0 Å². The van der Waals surface area contributed by atoms with Crippen LogP contribution in [-0.4, -0.2) is 45.9 Å². The Bertz CT molecular complexity index is 513. The molecule has 2 aliphatic rings. The molecule has 0 aliphatic carbocycles. The fourth-order valence-electron chi connectivity index (χ4n) is 3.18. The lowest BCUT2D eigenvalue weighted by molar-refractivity contribution is 0.0513. The molecule has 0 aromatic heterocycles. The summed E-state index contributed by atoms with van der Waals surface area (Å²) in [5, 5.41) is 6.84. The van der Waals surface area contributed by atoms with E-state index in [1.54, 1.807) is 7.11 Å². The predicted molar refractivity (Wildman–Crippen MR) is 103 cm³/mol. The molecule has 128 valence electrons. The number of hydrogen-bond donors (Lipinski definition) is 2. The first kappa shape index (κ1) is 18.3.